The molecule has 0 aromatic heterocycles. The largest absolute Gasteiger partial charge is 0.501 e. The molecule has 0 aromatic rings. The summed E-state index contributed by atoms with van der Waals surface area (Å²) < 4.78 is 10.6. The van der Waals surface area contributed by atoms with Gasteiger partial charge in [-0.25, -0.2) is 0 Å². The van der Waals surface area contributed by atoms with Gasteiger partial charge >= 0.3 is 0 Å². The quantitative estimate of drug-likeness (QED) is 0.756. The molecular formula is C16H20O6. The van der Waals surface area contributed by atoms with Gasteiger partial charge in [-0.05, 0) is 19.9 Å². The minimum Gasteiger partial charge on any atom is -0.501 e. The van der Waals surface area contributed by atoms with E-state index in [1.54, 1.807) is 6.08 Å². The van der Waals surface area contributed by atoms with Crippen LogP contribution < -0.4 is 0 Å². The first-order chi connectivity index (χ1) is 10.2. The Morgan fingerprint density at radius 1 is 1.05 bits per heavy atom. The third kappa shape index (κ3) is 1.62. The Labute approximate surface area is 128 Å². The van der Waals surface area contributed by atoms with E-state index in [1.165, 1.54) is 34.1 Å². The molecule has 1 saturated carbocycles. The highest BCUT2D eigenvalue weighted by Crippen LogP contribution is 2.58. The van der Waals surface area contributed by atoms with E-state index in [9.17, 15) is 19.8 Å². The maximum Gasteiger partial charge on any atom is 0.190 e. The van der Waals surface area contributed by atoms with Crippen LogP contribution in [0.15, 0.2) is 23.7 Å². The van der Waals surface area contributed by atoms with Crippen LogP contribution in [0.2, 0.25) is 0 Å². The van der Waals surface area contributed by atoms with Crippen LogP contribution in [0, 0.1) is 23.7 Å². The Balaban J connectivity index is 2.25. The lowest BCUT2D eigenvalue weighted by atomic mass is 9.49. The van der Waals surface area contributed by atoms with Gasteiger partial charge in [-0.3, -0.25) is 9.59 Å². The van der Waals surface area contributed by atoms with E-state index in [-0.39, 0.29) is 5.78 Å². The van der Waals surface area contributed by atoms with Crippen LogP contribution in [0.25, 0.3) is 0 Å². The van der Waals surface area contributed by atoms with Crippen molar-refractivity contribution < 1.29 is 29.3 Å². The van der Waals surface area contributed by atoms with Crippen LogP contribution in [0.1, 0.15) is 13.8 Å². The van der Waals surface area contributed by atoms with Crippen LogP contribution in [-0.4, -0.2) is 47.2 Å². The van der Waals surface area contributed by atoms with Crippen LogP contribution in [0.4, 0.5) is 0 Å². The van der Waals surface area contributed by atoms with Crippen molar-refractivity contribution in [2.75, 3.05) is 14.2 Å². The molecule has 0 amide bonds. The molecule has 4 aliphatic rings. The molecule has 0 spiro atoms. The number of ketones is 2. The Bertz CT molecular complexity index is 612. The van der Waals surface area contributed by atoms with Crippen molar-refractivity contribution in [1.82, 2.24) is 0 Å². The normalized spacial score (nSPS) is 46.8. The Kier molecular flexibility index (Phi) is 3.07. The minimum atomic E-state index is -1.67. The van der Waals surface area contributed by atoms with Gasteiger partial charge in [0.15, 0.2) is 11.6 Å². The molecule has 1 fully saturated rings. The lowest BCUT2D eigenvalue weighted by Gasteiger charge is -2.56. The maximum absolute atomic E-state index is 12.7. The van der Waals surface area contributed by atoms with Crippen molar-refractivity contribution in [2.24, 2.45) is 23.7 Å². The fourth-order valence-corrected chi connectivity index (χ4v) is 4.24. The summed E-state index contributed by atoms with van der Waals surface area (Å²) in [5, 5.41) is 21.3. The Hall–Kier alpha value is -1.66. The molecule has 0 aromatic carbocycles. The fraction of sp³-hybridized carbons (Fsp3) is 0.625. The van der Waals surface area contributed by atoms with Gasteiger partial charge < -0.3 is 19.7 Å². The highest BCUT2D eigenvalue weighted by atomic mass is 16.5. The van der Waals surface area contributed by atoms with E-state index in [0.717, 1.165) is 0 Å². The smallest absolute Gasteiger partial charge is 0.190 e. The van der Waals surface area contributed by atoms with Gasteiger partial charge in [-0.2, -0.15) is 0 Å². The van der Waals surface area contributed by atoms with Crippen molar-refractivity contribution in [3.8, 4) is 0 Å². The lowest BCUT2D eigenvalue weighted by molar-refractivity contribution is -0.183. The zero-order valence-electron chi connectivity index (χ0n) is 13.0. The molecule has 0 aliphatic heterocycles. The molecule has 0 radical (unpaired) electrons. The second-order valence-corrected chi connectivity index (χ2v) is 6.60. The molecule has 0 unspecified atom stereocenters. The number of methoxy groups -OCH3 is 2. The van der Waals surface area contributed by atoms with E-state index < -0.39 is 40.7 Å². The molecule has 4 aliphatic carbocycles. The Morgan fingerprint density at radius 3 is 2.18 bits per heavy atom. The van der Waals surface area contributed by atoms with Gasteiger partial charge in [-0.1, -0.05) is 0 Å². The zero-order chi connectivity index (χ0) is 16.4. The van der Waals surface area contributed by atoms with Crippen molar-refractivity contribution in [2.45, 2.75) is 25.0 Å². The van der Waals surface area contributed by atoms with Gasteiger partial charge in [0.05, 0.1) is 20.1 Å². The summed E-state index contributed by atoms with van der Waals surface area (Å²) >= 11 is 0. The number of fused-ring (bicyclic) bond motifs is 1. The predicted octanol–water partition coefficient (Wildman–Crippen LogP) is 0.193. The predicted molar refractivity (Wildman–Crippen MR) is 75.4 cm³/mol. The molecule has 4 rings (SSSR count). The highest BCUT2D eigenvalue weighted by molar-refractivity contribution is 6.01. The highest BCUT2D eigenvalue weighted by Gasteiger charge is 2.67. The van der Waals surface area contributed by atoms with Gasteiger partial charge in [0.1, 0.15) is 22.7 Å². The first-order valence-corrected chi connectivity index (χ1v) is 7.22. The first-order valence-electron chi connectivity index (χ1n) is 7.22. The number of allylic oxidation sites excluding steroid dienone is 2. The molecular weight excluding hydrogens is 288 g/mol. The number of carbonyl (C=O) groups is 2. The summed E-state index contributed by atoms with van der Waals surface area (Å²) in [6.07, 6.45) is 2.91. The van der Waals surface area contributed by atoms with Gasteiger partial charge in [0.2, 0.25) is 0 Å². The molecule has 2 bridgehead atoms. The molecule has 2 N–H and O–H groups in total. The number of Topliss-reactive ketones (excluding diaryl/α,β-unsaturated/α-hetero) is 1. The van der Waals surface area contributed by atoms with Crippen molar-refractivity contribution in [1.29, 1.82) is 0 Å². The van der Waals surface area contributed by atoms with Crippen molar-refractivity contribution in [3.05, 3.63) is 23.7 Å². The average molecular weight is 308 g/mol. The second-order valence-electron chi connectivity index (χ2n) is 6.60. The third-order valence-corrected chi connectivity index (χ3v) is 5.43. The number of hydrogen-bond donors (Lipinski definition) is 2. The zero-order valence-corrected chi connectivity index (χ0v) is 13.0. The summed E-state index contributed by atoms with van der Waals surface area (Å²) in [4.78, 5) is 24.9. The van der Waals surface area contributed by atoms with Crippen LogP contribution in [0.5, 0.6) is 0 Å². The molecule has 0 saturated heterocycles. The van der Waals surface area contributed by atoms with E-state index in [4.69, 9.17) is 9.47 Å². The molecule has 6 atom stereocenters. The van der Waals surface area contributed by atoms with Gasteiger partial charge in [0.25, 0.3) is 0 Å². The number of hydrogen-bond acceptors (Lipinski definition) is 6. The molecule has 22 heavy (non-hydrogen) atoms. The number of aliphatic hydroxyl groups is 2. The summed E-state index contributed by atoms with van der Waals surface area (Å²) in [7, 11) is 2.89. The summed E-state index contributed by atoms with van der Waals surface area (Å²) in [5.41, 5.74) is -3.32. The van der Waals surface area contributed by atoms with E-state index >= 15 is 0 Å². The molecule has 0 heterocycles. The van der Waals surface area contributed by atoms with E-state index in [1.807, 2.05) is 0 Å². The standard InChI is InChI=1S/C16H20O6/c1-15(19)7-5-8(21-3)12(14(15)18)11-9(22-4)6-10(17)16(2,20)13(7)11/h5-7,11-13,19-20H,1-4H3/t7-,11-,12+,13+,15+,16-/m1/s1. The van der Waals surface area contributed by atoms with Gasteiger partial charge in [0, 0.05) is 23.8 Å². The summed E-state index contributed by atoms with van der Waals surface area (Å²) in [5.74, 6) is -2.69. The van der Waals surface area contributed by atoms with Crippen LogP contribution in [0.3, 0.4) is 0 Å². The lowest BCUT2D eigenvalue weighted by Crippen LogP contribution is -2.68. The van der Waals surface area contributed by atoms with Crippen molar-refractivity contribution >= 4 is 11.6 Å². The molecule has 6 heteroatoms. The summed E-state index contributed by atoms with van der Waals surface area (Å²) in [6.45, 7) is 2.86. The Morgan fingerprint density at radius 2 is 1.64 bits per heavy atom. The maximum atomic E-state index is 12.7. The monoisotopic (exact) mass is 308 g/mol. The van der Waals surface area contributed by atoms with Crippen LogP contribution in [-0.2, 0) is 19.1 Å². The first kappa shape index (κ1) is 15.2. The SMILES string of the molecule is COC1=C[C@@H]2[C@H]3[C@H](C(OC)=CC(=O)[C@@]3(C)O)[C@H]1C(=O)[C@@]2(C)O. The van der Waals surface area contributed by atoms with Gasteiger partial charge in [-0.15, -0.1) is 0 Å². The molecule has 6 nitrogen and oxygen atoms in total. The van der Waals surface area contributed by atoms with E-state index in [2.05, 4.69) is 0 Å². The topological polar surface area (TPSA) is 93.1 Å². The van der Waals surface area contributed by atoms with Crippen LogP contribution >= 0.6 is 0 Å². The molecule has 120 valence electrons. The minimum absolute atomic E-state index is 0.350. The fourth-order valence-electron chi connectivity index (χ4n) is 4.24. The summed E-state index contributed by atoms with van der Waals surface area (Å²) in [6, 6.07) is 0. The number of rotatable bonds is 2. The van der Waals surface area contributed by atoms with Crippen molar-refractivity contribution in [3.63, 3.8) is 0 Å². The second kappa shape index (κ2) is 4.43. The number of carbonyl (C=O) groups excluding carboxylic acids is 2. The van der Waals surface area contributed by atoms with E-state index in [0.29, 0.717) is 11.5 Å². The number of ether oxygens (including phenoxy) is 2. The average Bonchev–Trinajstić information content (AvgIpc) is 2.46. The third-order valence-electron chi connectivity index (χ3n) is 5.43.